The maximum atomic E-state index is 12.2. The van der Waals surface area contributed by atoms with Crippen molar-refractivity contribution in [2.24, 2.45) is 5.92 Å². The van der Waals surface area contributed by atoms with Crippen LogP contribution < -0.4 is 0 Å². The quantitative estimate of drug-likeness (QED) is 0.605. The van der Waals surface area contributed by atoms with Gasteiger partial charge in [0.2, 0.25) is 0 Å². The van der Waals surface area contributed by atoms with Crippen molar-refractivity contribution in [1.82, 2.24) is 0 Å². The van der Waals surface area contributed by atoms with Gasteiger partial charge in [-0.05, 0) is 17.9 Å². The summed E-state index contributed by atoms with van der Waals surface area (Å²) in [5.74, 6) is -0.149. The second kappa shape index (κ2) is 4.97. The molecule has 19 heavy (non-hydrogen) atoms. The van der Waals surface area contributed by atoms with Crippen molar-refractivity contribution in [3.8, 4) is 0 Å². The highest BCUT2D eigenvalue weighted by molar-refractivity contribution is 5.85. The monoisotopic (exact) mass is 262 g/mol. The van der Waals surface area contributed by atoms with Crippen LogP contribution in [0.15, 0.2) is 30.3 Å². The lowest BCUT2D eigenvalue weighted by Gasteiger charge is -2.20. The van der Waals surface area contributed by atoms with Crippen LogP contribution in [0.5, 0.6) is 0 Å². The number of epoxide rings is 1. The normalized spacial score (nSPS) is 29.3. The van der Waals surface area contributed by atoms with Crippen molar-refractivity contribution in [3.05, 3.63) is 35.9 Å². The minimum Gasteiger partial charge on any atom is -0.467 e. The van der Waals surface area contributed by atoms with Crippen molar-refractivity contribution in [3.63, 3.8) is 0 Å². The molecule has 2 unspecified atom stereocenters. The number of carbonyl (C=O) groups is 1. The maximum absolute atomic E-state index is 12.2. The molecule has 1 aromatic carbocycles. The number of carbonyl (C=O) groups excluding carboxylic acids is 1. The standard InChI is InChI=1S/C16H22O3/c1-5-15(11-13-9-7-6-8-10-13)16(19-15,12(2)3)14(17)18-4/h6-10,12H,5,11H2,1-4H3. The molecule has 0 amide bonds. The van der Waals surface area contributed by atoms with E-state index in [0.29, 0.717) is 0 Å². The Kier molecular flexibility index (Phi) is 3.68. The predicted octanol–water partition coefficient (Wildman–Crippen LogP) is 2.98. The van der Waals surface area contributed by atoms with Gasteiger partial charge in [-0.1, -0.05) is 51.1 Å². The van der Waals surface area contributed by atoms with Crippen LogP contribution in [0.4, 0.5) is 0 Å². The zero-order valence-corrected chi connectivity index (χ0v) is 12.1. The summed E-state index contributed by atoms with van der Waals surface area (Å²) in [7, 11) is 1.43. The fourth-order valence-corrected chi connectivity index (χ4v) is 3.09. The Bertz CT molecular complexity index is 454. The second-order valence-electron chi connectivity index (χ2n) is 5.49. The highest BCUT2D eigenvalue weighted by atomic mass is 16.7. The first-order valence-corrected chi connectivity index (χ1v) is 6.85. The molecule has 0 saturated carbocycles. The topological polar surface area (TPSA) is 38.8 Å². The van der Waals surface area contributed by atoms with E-state index < -0.39 is 11.2 Å². The molecule has 1 heterocycles. The average molecular weight is 262 g/mol. The Morgan fingerprint density at radius 2 is 1.95 bits per heavy atom. The molecule has 2 rings (SSSR count). The van der Waals surface area contributed by atoms with Crippen LogP contribution in [0, 0.1) is 5.92 Å². The van der Waals surface area contributed by atoms with Crippen LogP contribution >= 0.6 is 0 Å². The van der Waals surface area contributed by atoms with Gasteiger partial charge in [0.25, 0.3) is 0 Å². The molecule has 1 aliphatic rings. The molecule has 1 saturated heterocycles. The lowest BCUT2D eigenvalue weighted by Crippen LogP contribution is -2.40. The molecule has 3 heteroatoms. The average Bonchev–Trinajstić information content (AvgIpc) is 3.10. The van der Waals surface area contributed by atoms with Gasteiger partial charge in [0, 0.05) is 6.42 Å². The van der Waals surface area contributed by atoms with Gasteiger partial charge < -0.3 is 9.47 Å². The second-order valence-corrected chi connectivity index (χ2v) is 5.49. The third kappa shape index (κ3) is 2.06. The predicted molar refractivity (Wildman–Crippen MR) is 73.8 cm³/mol. The van der Waals surface area contributed by atoms with Crippen LogP contribution in [-0.2, 0) is 20.7 Å². The van der Waals surface area contributed by atoms with Gasteiger partial charge in [0.15, 0.2) is 5.60 Å². The fourth-order valence-electron chi connectivity index (χ4n) is 3.09. The Morgan fingerprint density at radius 3 is 2.42 bits per heavy atom. The van der Waals surface area contributed by atoms with Gasteiger partial charge in [0.05, 0.1) is 7.11 Å². The number of hydrogen-bond donors (Lipinski definition) is 0. The van der Waals surface area contributed by atoms with Crippen molar-refractivity contribution in [2.45, 2.75) is 44.8 Å². The first-order chi connectivity index (χ1) is 9.02. The lowest BCUT2D eigenvalue weighted by molar-refractivity contribution is -0.148. The van der Waals surface area contributed by atoms with Crippen molar-refractivity contribution in [2.75, 3.05) is 7.11 Å². The van der Waals surface area contributed by atoms with Gasteiger partial charge in [-0.2, -0.15) is 0 Å². The number of rotatable bonds is 5. The third-order valence-electron chi connectivity index (χ3n) is 4.20. The van der Waals surface area contributed by atoms with Crippen molar-refractivity contribution in [1.29, 1.82) is 0 Å². The Balaban J connectivity index is 2.28. The number of methoxy groups -OCH3 is 1. The maximum Gasteiger partial charge on any atom is 0.341 e. The van der Waals surface area contributed by atoms with E-state index >= 15 is 0 Å². The van der Waals surface area contributed by atoms with Crippen LogP contribution in [0.1, 0.15) is 32.8 Å². The van der Waals surface area contributed by atoms with E-state index in [1.165, 1.54) is 12.7 Å². The van der Waals surface area contributed by atoms with E-state index in [1.54, 1.807) is 0 Å². The molecule has 0 bridgehead atoms. The molecule has 1 aromatic rings. The van der Waals surface area contributed by atoms with E-state index in [9.17, 15) is 4.79 Å². The van der Waals surface area contributed by atoms with Crippen LogP contribution in [0.3, 0.4) is 0 Å². The molecule has 0 aromatic heterocycles. The summed E-state index contributed by atoms with van der Waals surface area (Å²) in [6.07, 6.45) is 1.55. The Morgan fingerprint density at radius 1 is 1.32 bits per heavy atom. The minimum absolute atomic E-state index is 0.101. The zero-order valence-electron chi connectivity index (χ0n) is 12.1. The number of esters is 1. The Labute approximate surface area is 114 Å². The SMILES string of the molecule is CCC1(Cc2ccccc2)OC1(C(=O)OC)C(C)C. The van der Waals surface area contributed by atoms with Gasteiger partial charge in [-0.3, -0.25) is 0 Å². The van der Waals surface area contributed by atoms with Crippen LogP contribution in [-0.4, -0.2) is 24.3 Å². The molecule has 0 aliphatic carbocycles. The Hall–Kier alpha value is -1.35. The van der Waals surface area contributed by atoms with Crippen LogP contribution in [0.25, 0.3) is 0 Å². The first-order valence-electron chi connectivity index (χ1n) is 6.85. The minimum atomic E-state index is -0.785. The summed E-state index contributed by atoms with van der Waals surface area (Å²) in [5, 5.41) is 0. The first kappa shape index (κ1) is 14.1. The van der Waals surface area contributed by atoms with E-state index in [2.05, 4.69) is 19.1 Å². The van der Waals surface area contributed by atoms with Crippen molar-refractivity contribution < 1.29 is 14.3 Å². The van der Waals surface area contributed by atoms with Gasteiger partial charge >= 0.3 is 5.97 Å². The molecular formula is C16H22O3. The molecular weight excluding hydrogens is 240 g/mol. The van der Waals surface area contributed by atoms with E-state index in [0.717, 1.165) is 12.8 Å². The smallest absolute Gasteiger partial charge is 0.341 e. The summed E-state index contributed by atoms with van der Waals surface area (Å²) in [6.45, 7) is 6.09. The van der Waals surface area contributed by atoms with Gasteiger partial charge in [0.1, 0.15) is 5.60 Å². The lowest BCUT2D eigenvalue weighted by atomic mass is 9.78. The van der Waals surface area contributed by atoms with Crippen molar-refractivity contribution >= 4 is 5.97 Å². The summed E-state index contributed by atoms with van der Waals surface area (Å²) >= 11 is 0. The fraction of sp³-hybridized carbons (Fsp3) is 0.562. The van der Waals surface area contributed by atoms with E-state index in [4.69, 9.17) is 9.47 Å². The highest BCUT2D eigenvalue weighted by Crippen LogP contribution is 2.57. The number of hydrogen-bond acceptors (Lipinski definition) is 3. The summed E-state index contributed by atoms with van der Waals surface area (Å²) in [6, 6.07) is 10.2. The summed E-state index contributed by atoms with van der Waals surface area (Å²) in [4.78, 5) is 12.2. The molecule has 1 aliphatic heterocycles. The number of ether oxygens (including phenoxy) is 2. The van der Waals surface area contributed by atoms with Crippen LogP contribution in [0.2, 0.25) is 0 Å². The molecule has 0 radical (unpaired) electrons. The number of benzene rings is 1. The molecule has 3 nitrogen and oxygen atoms in total. The third-order valence-corrected chi connectivity index (χ3v) is 4.20. The molecule has 2 atom stereocenters. The zero-order chi connectivity index (χ0) is 14.1. The summed E-state index contributed by atoms with van der Waals surface area (Å²) < 4.78 is 11.0. The van der Waals surface area contributed by atoms with E-state index in [-0.39, 0.29) is 11.9 Å². The largest absolute Gasteiger partial charge is 0.467 e. The molecule has 0 N–H and O–H groups in total. The molecule has 104 valence electrons. The van der Waals surface area contributed by atoms with Gasteiger partial charge in [-0.15, -0.1) is 0 Å². The summed E-state index contributed by atoms with van der Waals surface area (Å²) in [5.41, 5.74) is -0.0159. The van der Waals surface area contributed by atoms with E-state index in [1.807, 2.05) is 32.0 Å². The van der Waals surface area contributed by atoms with Gasteiger partial charge in [-0.25, -0.2) is 4.79 Å². The molecule has 0 spiro atoms. The highest BCUT2D eigenvalue weighted by Gasteiger charge is 2.75. The molecule has 1 fully saturated rings.